The largest absolute Gasteiger partial charge is 0.490 e. The van der Waals surface area contributed by atoms with Gasteiger partial charge in [0.15, 0.2) is 11.5 Å². The highest BCUT2D eigenvalue weighted by Crippen LogP contribution is 2.32. The van der Waals surface area contributed by atoms with Crippen LogP contribution in [0.15, 0.2) is 60.2 Å². The maximum atomic E-state index is 12.6. The van der Waals surface area contributed by atoms with Crippen LogP contribution in [0.1, 0.15) is 18.1 Å². The summed E-state index contributed by atoms with van der Waals surface area (Å²) in [6.45, 7) is 2.44. The molecule has 0 heterocycles. The number of carbonyl (C=O) groups is 1. The number of hydrogen-bond acceptors (Lipinski definition) is 4. The van der Waals surface area contributed by atoms with Crippen molar-refractivity contribution in [1.82, 2.24) is 0 Å². The van der Waals surface area contributed by atoms with E-state index in [1.807, 2.05) is 13.0 Å². The van der Waals surface area contributed by atoms with E-state index in [2.05, 4.69) is 5.32 Å². The second-order valence-corrected chi connectivity index (χ2v) is 8.60. The number of halogens is 4. The van der Waals surface area contributed by atoms with Crippen LogP contribution in [-0.2, 0) is 11.4 Å². The van der Waals surface area contributed by atoms with Gasteiger partial charge >= 0.3 is 0 Å². The molecule has 3 aromatic rings. The molecular formula is C25H18Cl4N2O3. The summed E-state index contributed by atoms with van der Waals surface area (Å²) in [5.41, 5.74) is 1.52. The maximum Gasteiger partial charge on any atom is 0.266 e. The molecule has 0 atom stereocenters. The molecule has 0 saturated heterocycles. The topological polar surface area (TPSA) is 71.3 Å². The molecule has 3 aromatic carbocycles. The predicted octanol–water partition coefficient (Wildman–Crippen LogP) is 7.82. The van der Waals surface area contributed by atoms with E-state index in [-0.39, 0.29) is 12.2 Å². The summed E-state index contributed by atoms with van der Waals surface area (Å²) < 4.78 is 11.6. The van der Waals surface area contributed by atoms with Crippen LogP contribution < -0.4 is 14.8 Å². The number of carbonyl (C=O) groups excluding carboxylic acids is 1. The smallest absolute Gasteiger partial charge is 0.266 e. The van der Waals surface area contributed by atoms with Crippen molar-refractivity contribution in [2.45, 2.75) is 13.5 Å². The molecule has 0 fully saturated rings. The second-order valence-electron chi connectivity index (χ2n) is 6.91. The van der Waals surface area contributed by atoms with Gasteiger partial charge in [-0.3, -0.25) is 4.79 Å². The SMILES string of the molecule is CCOc1cc(/C=C(\C#N)C(=O)Nc2cc(Cl)ccc2Cl)ccc1OCc1ccc(Cl)cc1Cl. The number of anilines is 1. The quantitative estimate of drug-likeness (QED) is 0.235. The first-order valence-electron chi connectivity index (χ1n) is 10.0. The fourth-order valence-electron chi connectivity index (χ4n) is 2.89. The maximum absolute atomic E-state index is 12.6. The van der Waals surface area contributed by atoms with Gasteiger partial charge in [-0.2, -0.15) is 5.26 Å². The lowest BCUT2D eigenvalue weighted by molar-refractivity contribution is -0.112. The number of nitrogens with zero attached hydrogens (tertiary/aromatic N) is 1. The summed E-state index contributed by atoms with van der Waals surface area (Å²) in [6, 6.07) is 16.8. The standard InChI is InChI=1S/C25H18Cl4N2O3/c1-2-33-24-10-15(3-8-23(24)34-14-16-4-5-18(26)11-21(16)29)9-17(13-30)25(32)31-22-12-19(27)6-7-20(22)28/h3-12H,2,14H2,1H3,(H,31,32)/b17-9+. The summed E-state index contributed by atoms with van der Waals surface area (Å²) >= 11 is 24.2. The summed E-state index contributed by atoms with van der Waals surface area (Å²) in [5, 5.41) is 13.9. The van der Waals surface area contributed by atoms with Crippen molar-refractivity contribution < 1.29 is 14.3 Å². The monoisotopic (exact) mass is 534 g/mol. The van der Waals surface area contributed by atoms with Crippen LogP contribution in [0.5, 0.6) is 11.5 Å². The van der Waals surface area contributed by atoms with Crippen LogP contribution in [0.3, 0.4) is 0 Å². The molecule has 34 heavy (non-hydrogen) atoms. The van der Waals surface area contributed by atoms with Gasteiger partial charge in [0.1, 0.15) is 18.2 Å². The van der Waals surface area contributed by atoms with Crippen molar-refractivity contribution in [2.24, 2.45) is 0 Å². The molecule has 3 rings (SSSR count). The lowest BCUT2D eigenvalue weighted by atomic mass is 10.1. The van der Waals surface area contributed by atoms with Gasteiger partial charge in [-0.15, -0.1) is 0 Å². The van der Waals surface area contributed by atoms with E-state index in [0.717, 1.165) is 5.56 Å². The van der Waals surface area contributed by atoms with Crippen LogP contribution in [0.25, 0.3) is 6.08 Å². The van der Waals surface area contributed by atoms with E-state index in [1.54, 1.807) is 48.5 Å². The third-order valence-corrected chi connectivity index (χ3v) is 5.67. The first kappa shape index (κ1) is 25.7. The predicted molar refractivity (Wildman–Crippen MR) is 137 cm³/mol. The highest BCUT2D eigenvalue weighted by atomic mass is 35.5. The Morgan fingerprint density at radius 1 is 0.941 bits per heavy atom. The zero-order valence-corrected chi connectivity index (χ0v) is 20.9. The molecule has 0 aliphatic carbocycles. The average Bonchev–Trinajstić information content (AvgIpc) is 2.80. The van der Waals surface area contributed by atoms with Gasteiger partial charge in [0.2, 0.25) is 0 Å². The van der Waals surface area contributed by atoms with Gasteiger partial charge in [-0.05, 0) is 61.0 Å². The molecule has 0 spiro atoms. The lowest BCUT2D eigenvalue weighted by Gasteiger charge is -2.13. The fraction of sp³-hybridized carbons (Fsp3) is 0.120. The molecule has 0 aliphatic rings. The van der Waals surface area contributed by atoms with Crippen LogP contribution in [0, 0.1) is 11.3 Å². The first-order chi connectivity index (χ1) is 16.3. The molecule has 0 aromatic heterocycles. The second kappa shape index (κ2) is 12.0. The Balaban J connectivity index is 1.81. The van der Waals surface area contributed by atoms with Crippen LogP contribution >= 0.6 is 46.4 Å². The molecular weight excluding hydrogens is 518 g/mol. The van der Waals surface area contributed by atoms with Gasteiger partial charge < -0.3 is 14.8 Å². The highest BCUT2D eigenvalue weighted by Gasteiger charge is 2.14. The van der Waals surface area contributed by atoms with E-state index in [9.17, 15) is 10.1 Å². The van der Waals surface area contributed by atoms with E-state index < -0.39 is 5.91 Å². The molecule has 174 valence electrons. The van der Waals surface area contributed by atoms with Crippen LogP contribution in [-0.4, -0.2) is 12.5 Å². The normalized spacial score (nSPS) is 11.0. The van der Waals surface area contributed by atoms with Crippen molar-refractivity contribution in [3.05, 3.63) is 91.4 Å². The number of nitriles is 1. The Kier molecular flexibility index (Phi) is 9.09. The number of benzene rings is 3. The lowest BCUT2D eigenvalue weighted by Crippen LogP contribution is -2.13. The van der Waals surface area contributed by atoms with E-state index in [4.69, 9.17) is 55.9 Å². The zero-order chi connectivity index (χ0) is 24.7. The zero-order valence-electron chi connectivity index (χ0n) is 17.9. The molecule has 9 heteroatoms. The fourth-order valence-corrected chi connectivity index (χ4v) is 3.69. The molecule has 1 N–H and O–H groups in total. The minimum Gasteiger partial charge on any atom is -0.490 e. The number of ether oxygens (including phenoxy) is 2. The Bertz CT molecular complexity index is 1290. The Hall–Kier alpha value is -2.88. The third kappa shape index (κ3) is 6.82. The minimum absolute atomic E-state index is 0.125. The Morgan fingerprint density at radius 3 is 2.38 bits per heavy atom. The summed E-state index contributed by atoms with van der Waals surface area (Å²) in [7, 11) is 0. The molecule has 1 amide bonds. The Morgan fingerprint density at radius 2 is 1.68 bits per heavy atom. The van der Waals surface area contributed by atoms with Crippen molar-refractivity contribution >= 4 is 64.1 Å². The average molecular weight is 536 g/mol. The molecule has 0 saturated carbocycles. The van der Waals surface area contributed by atoms with Crippen molar-refractivity contribution in [3.8, 4) is 17.6 Å². The summed E-state index contributed by atoms with van der Waals surface area (Å²) in [4.78, 5) is 12.6. The van der Waals surface area contributed by atoms with Gasteiger partial charge in [-0.1, -0.05) is 58.5 Å². The summed E-state index contributed by atoms with van der Waals surface area (Å²) in [6.07, 6.45) is 1.44. The van der Waals surface area contributed by atoms with Gasteiger partial charge in [0.25, 0.3) is 5.91 Å². The number of hydrogen-bond donors (Lipinski definition) is 1. The van der Waals surface area contributed by atoms with E-state index in [1.165, 1.54) is 12.1 Å². The number of nitrogens with one attached hydrogen (secondary N) is 1. The molecule has 0 aliphatic heterocycles. The van der Waals surface area contributed by atoms with Crippen molar-refractivity contribution in [2.75, 3.05) is 11.9 Å². The van der Waals surface area contributed by atoms with Crippen LogP contribution in [0.2, 0.25) is 20.1 Å². The van der Waals surface area contributed by atoms with Crippen molar-refractivity contribution in [3.63, 3.8) is 0 Å². The van der Waals surface area contributed by atoms with Crippen LogP contribution in [0.4, 0.5) is 5.69 Å². The molecule has 0 bridgehead atoms. The van der Waals surface area contributed by atoms with Gasteiger partial charge in [0.05, 0.1) is 17.3 Å². The summed E-state index contributed by atoms with van der Waals surface area (Å²) in [5.74, 6) is 0.318. The molecule has 5 nitrogen and oxygen atoms in total. The van der Waals surface area contributed by atoms with E-state index >= 15 is 0 Å². The Labute approximate surface area is 217 Å². The third-order valence-electron chi connectivity index (χ3n) is 4.52. The molecule has 0 unspecified atom stereocenters. The molecule has 0 radical (unpaired) electrons. The number of rotatable bonds is 8. The van der Waals surface area contributed by atoms with Gasteiger partial charge in [-0.25, -0.2) is 0 Å². The van der Waals surface area contributed by atoms with Gasteiger partial charge in [0, 0.05) is 20.6 Å². The first-order valence-corrected chi connectivity index (χ1v) is 11.5. The number of amides is 1. The van der Waals surface area contributed by atoms with Crippen molar-refractivity contribution in [1.29, 1.82) is 5.26 Å². The minimum atomic E-state index is -0.623. The van der Waals surface area contributed by atoms with E-state index in [0.29, 0.717) is 49.4 Å². The highest BCUT2D eigenvalue weighted by molar-refractivity contribution is 6.36.